The second-order valence-corrected chi connectivity index (χ2v) is 6.16. The molecule has 26 heavy (non-hydrogen) atoms. The van der Waals surface area contributed by atoms with Gasteiger partial charge in [0.15, 0.2) is 0 Å². The molecule has 1 aromatic heterocycles. The number of fused-ring (bicyclic) bond motifs is 1. The van der Waals surface area contributed by atoms with Gasteiger partial charge in [0.1, 0.15) is 5.75 Å². The van der Waals surface area contributed by atoms with Crippen LogP contribution >= 0.6 is 0 Å². The molecule has 0 saturated carbocycles. The van der Waals surface area contributed by atoms with Crippen molar-refractivity contribution >= 4 is 16.8 Å². The van der Waals surface area contributed by atoms with Crippen molar-refractivity contribution in [2.24, 2.45) is 0 Å². The number of nitrogens with one attached hydrogen (secondary N) is 2. The number of H-pyrrole nitrogens is 1. The van der Waals surface area contributed by atoms with E-state index < -0.39 is 0 Å². The molecule has 0 aliphatic heterocycles. The van der Waals surface area contributed by atoms with Gasteiger partial charge in [0, 0.05) is 24.0 Å². The minimum absolute atomic E-state index is 0.0157. The largest absolute Gasteiger partial charge is 0.497 e. The number of hydrogen-bond acceptors (Lipinski definition) is 3. The Kier molecular flexibility index (Phi) is 5.69. The van der Waals surface area contributed by atoms with E-state index in [1.54, 1.807) is 7.11 Å². The van der Waals surface area contributed by atoms with Crippen LogP contribution in [-0.4, -0.2) is 24.5 Å². The molecular formula is C21H22N2O3. The van der Waals surface area contributed by atoms with E-state index in [1.807, 2.05) is 54.6 Å². The van der Waals surface area contributed by atoms with Crippen LogP contribution in [0.15, 0.2) is 59.4 Å². The molecule has 0 aliphatic rings. The van der Waals surface area contributed by atoms with Crippen molar-refractivity contribution < 1.29 is 9.53 Å². The summed E-state index contributed by atoms with van der Waals surface area (Å²) in [6, 6.07) is 17.2. The number of benzene rings is 2. The van der Waals surface area contributed by atoms with E-state index >= 15 is 0 Å². The lowest BCUT2D eigenvalue weighted by Crippen LogP contribution is -2.27. The molecule has 1 amide bonds. The molecule has 3 rings (SSSR count). The minimum Gasteiger partial charge on any atom is -0.497 e. The number of ether oxygens (including phenoxy) is 1. The van der Waals surface area contributed by atoms with Gasteiger partial charge in [-0.15, -0.1) is 0 Å². The Hall–Kier alpha value is -3.08. The standard InChI is InChI=1S/C21H22N2O3/c1-26-18-9-6-15(7-10-18)8-11-20(24)22-13-12-17-14-16-4-2-3-5-19(16)23-21(17)25/h2-7,9-10,14H,8,11-13H2,1H3,(H,22,24)(H,23,25). The number of aromatic amines is 1. The summed E-state index contributed by atoms with van der Waals surface area (Å²) in [6.07, 6.45) is 1.60. The molecule has 5 nitrogen and oxygen atoms in total. The second kappa shape index (κ2) is 8.34. The lowest BCUT2D eigenvalue weighted by molar-refractivity contribution is -0.121. The molecule has 0 spiro atoms. The molecule has 3 aromatic rings. The number of carbonyl (C=O) groups excluding carboxylic acids is 1. The highest BCUT2D eigenvalue weighted by Crippen LogP contribution is 2.12. The van der Waals surface area contributed by atoms with Crippen LogP contribution in [0.25, 0.3) is 10.9 Å². The molecular weight excluding hydrogens is 328 g/mol. The van der Waals surface area contributed by atoms with Crippen molar-refractivity contribution in [1.29, 1.82) is 0 Å². The van der Waals surface area contributed by atoms with Gasteiger partial charge in [-0.25, -0.2) is 0 Å². The zero-order valence-corrected chi connectivity index (χ0v) is 14.7. The Morgan fingerprint density at radius 2 is 1.85 bits per heavy atom. The summed E-state index contributed by atoms with van der Waals surface area (Å²) in [5.41, 5.74) is 2.49. The van der Waals surface area contributed by atoms with Crippen LogP contribution in [0.2, 0.25) is 0 Å². The molecule has 1 heterocycles. The molecule has 0 unspecified atom stereocenters. The molecule has 2 aromatic carbocycles. The van der Waals surface area contributed by atoms with E-state index in [0.717, 1.165) is 22.2 Å². The highest BCUT2D eigenvalue weighted by molar-refractivity contribution is 5.79. The fourth-order valence-corrected chi connectivity index (χ4v) is 2.85. The molecule has 0 radical (unpaired) electrons. The van der Waals surface area contributed by atoms with Gasteiger partial charge in [-0.2, -0.15) is 0 Å². The summed E-state index contributed by atoms with van der Waals surface area (Å²) < 4.78 is 5.12. The molecule has 0 saturated heterocycles. The summed E-state index contributed by atoms with van der Waals surface area (Å²) in [6.45, 7) is 0.447. The van der Waals surface area contributed by atoms with Crippen LogP contribution in [-0.2, 0) is 17.6 Å². The molecule has 0 atom stereocenters. The predicted molar refractivity (Wildman–Crippen MR) is 103 cm³/mol. The van der Waals surface area contributed by atoms with Gasteiger partial charge < -0.3 is 15.0 Å². The SMILES string of the molecule is COc1ccc(CCC(=O)NCCc2cc3ccccc3[nH]c2=O)cc1. The number of aromatic nitrogens is 1. The van der Waals surface area contributed by atoms with Crippen LogP contribution in [0.5, 0.6) is 5.75 Å². The fourth-order valence-electron chi connectivity index (χ4n) is 2.85. The number of hydrogen-bond donors (Lipinski definition) is 2. The first kappa shape index (κ1) is 17.7. The molecule has 2 N–H and O–H groups in total. The van der Waals surface area contributed by atoms with Crippen molar-refractivity contribution in [3.8, 4) is 5.75 Å². The summed E-state index contributed by atoms with van der Waals surface area (Å²) in [5.74, 6) is 0.789. The number of methoxy groups -OCH3 is 1. The Morgan fingerprint density at radius 1 is 1.08 bits per heavy atom. The van der Waals surface area contributed by atoms with Crippen molar-refractivity contribution in [1.82, 2.24) is 10.3 Å². The third kappa shape index (κ3) is 4.51. The average Bonchev–Trinajstić information content (AvgIpc) is 2.67. The minimum atomic E-state index is -0.101. The number of pyridine rings is 1. The van der Waals surface area contributed by atoms with Crippen LogP contribution < -0.4 is 15.6 Å². The average molecular weight is 350 g/mol. The van der Waals surface area contributed by atoms with E-state index in [0.29, 0.717) is 31.4 Å². The van der Waals surface area contributed by atoms with Crippen LogP contribution in [0.1, 0.15) is 17.5 Å². The van der Waals surface area contributed by atoms with Gasteiger partial charge in [0.2, 0.25) is 5.91 Å². The summed E-state index contributed by atoms with van der Waals surface area (Å²) in [5, 5.41) is 3.88. The Morgan fingerprint density at radius 3 is 2.62 bits per heavy atom. The zero-order chi connectivity index (χ0) is 18.4. The molecule has 134 valence electrons. The quantitative estimate of drug-likeness (QED) is 0.688. The van der Waals surface area contributed by atoms with E-state index in [-0.39, 0.29) is 11.5 Å². The normalized spacial score (nSPS) is 10.7. The lowest BCUT2D eigenvalue weighted by Gasteiger charge is -2.07. The maximum Gasteiger partial charge on any atom is 0.251 e. The summed E-state index contributed by atoms with van der Waals surface area (Å²) >= 11 is 0. The molecule has 0 aliphatic carbocycles. The van der Waals surface area contributed by atoms with E-state index in [4.69, 9.17) is 4.74 Å². The third-order valence-corrected chi connectivity index (χ3v) is 4.35. The van der Waals surface area contributed by atoms with Gasteiger partial charge in [-0.05, 0) is 48.1 Å². The maximum absolute atomic E-state index is 12.1. The first-order valence-corrected chi connectivity index (χ1v) is 8.66. The second-order valence-electron chi connectivity index (χ2n) is 6.16. The number of rotatable bonds is 7. The smallest absolute Gasteiger partial charge is 0.251 e. The third-order valence-electron chi connectivity index (χ3n) is 4.35. The van der Waals surface area contributed by atoms with Gasteiger partial charge >= 0.3 is 0 Å². The number of carbonyl (C=O) groups is 1. The number of amides is 1. The van der Waals surface area contributed by atoms with Crippen molar-refractivity contribution in [3.63, 3.8) is 0 Å². The van der Waals surface area contributed by atoms with E-state index in [2.05, 4.69) is 10.3 Å². The van der Waals surface area contributed by atoms with Gasteiger partial charge in [-0.1, -0.05) is 30.3 Å². The van der Waals surface area contributed by atoms with Crippen LogP contribution in [0.4, 0.5) is 0 Å². The zero-order valence-electron chi connectivity index (χ0n) is 14.7. The highest BCUT2D eigenvalue weighted by atomic mass is 16.5. The Labute approximate surface area is 152 Å². The summed E-state index contributed by atoms with van der Waals surface area (Å²) in [7, 11) is 1.63. The van der Waals surface area contributed by atoms with Crippen LogP contribution in [0.3, 0.4) is 0 Å². The first-order valence-electron chi connectivity index (χ1n) is 8.66. The van der Waals surface area contributed by atoms with Gasteiger partial charge in [-0.3, -0.25) is 9.59 Å². The number of aryl methyl sites for hydroxylation is 1. The predicted octanol–water partition coefficient (Wildman–Crippen LogP) is 2.83. The lowest BCUT2D eigenvalue weighted by atomic mass is 10.1. The topological polar surface area (TPSA) is 71.2 Å². The Balaban J connectivity index is 1.49. The van der Waals surface area contributed by atoms with Crippen molar-refractivity contribution in [2.75, 3.05) is 13.7 Å². The molecule has 0 fully saturated rings. The highest BCUT2D eigenvalue weighted by Gasteiger charge is 2.05. The Bertz CT molecular complexity index is 945. The molecule has 5 heteroatoms. The van der Waals surface area contributed by atoms with Gasteiger partial charge in [0.05, 0.1) is 7.11 Å². The fraction of sp³-hybridized carbons (Fsp3) is 0.238. The van der Waals surface area contributed by atoms with E-state index in [9.17, 15) is 9.59 Å². The van der Waals surface area contributed by atoms with Crippen molar-refractivity contribution in [2.45, 2.75) is 19.3 Å². The molecule has 0 bridgehead atoms. The van der Waals surface area contributed by atoms with Crippen molar-refractivity contribution in [3.05, 3.63) is 76.1 Å². The van der Waals surface area contributed by atoms with E-state index in [1.165, 1.54) is 0 Å². The monoisotopic (exact) mass is 350 g/mol. The maximum atomic E-state index is 12.1. The van der Waals surface area contributed by atoms with Crippen LogP contribution in [0, 0.1) is 0 Å². The first-order chi connectivity index (χ1) is 12.7. The summed E-state index contributed by atoms with van der Waals surface area (Å²) in [4.78, 5) is 27.0. The number of para-hydroxylation sites is 1. The van der Waals surface area contributed by atoms with Gasteiger partial charge in [0.25, 0.3) is 5.56 Å².